The Morgan fingerprint density at radius 1 is 1.03 bits per heavy atom. The van der Waals surface area contributed by atoms with Gasteiger partial charge in [-0.15, -0.1) is 11.3 Å². The van der Waals surface area contributed by atoms with Gasteiger partial charge in [0.25, 0.3) is 0 Å². The van der Waals surface area contributed by atoms with Crippen LogP contribution >= 0.6 is 11.3 Å². The Morgan fingerprint density at radius 2 is 1.77 bits per heavy atom. The first-order valence-corrected chi connectivity index (χ1v) is 10.4. The summed E-state index contributed by atoms with van der Waals surface area (Å²) < 4.78 is 40.0. The van der Waals surface area contributed by atoms with Gasteiger partial charge in [0, 0.05) is 11.4 Å². The number of nitrogens with zero attached hydrogens (tertiary/aromatic N) is 1. The zero-order valence-electron chi connectivity index (χ0n) is 16.8. The molecule has 31 heavy (non-hydrogen) atoms. The lowest BCUT2D eigenvalue weighted by molar-refractivity contribution is -0.122. The highest BCUT2D eigenvalue weighted by atomic mass is 32.1. The van der Waals surface area contributed by atoms with E-state index < -0.39 is 41.0 Å². The fourth-order valence-electron chi connectivity index (χ4n) is 2.71. The summed E-state index contributed by atoms with van der Waals surface area (Å²) in [5, 5.41) is 8.84. The van der Waals surface area contributed by atoms with Gasteiger partial charge in [-0.25, -0.2) is 18.0 Å². The molecule has 0 aliphatic carbocycles. The zero-order valence-corrected chi connectivity index (χ0v) is 17.7. The normalized spacial score (nSPS) is 10.7. The molecule has 1 heterocycles. The first-order valence-electron chi connectivity index (χ1n) is 9.56. The van der Waals surface area contributed by atoms with Crippen molar-refractivity contribution in [2.45, 2.75) is 19.8 Å². The van der Waals surface area contributed by atoms with E-state index in [1.54, 1.807) is 11.3 Å². The fourth-order valence-corrected chi connectivity index (χ4v) is 3.42. The van der Waals surface area contributed by atoms with Crippen LogP contribution in [0.1, 0.15) is 18.2 Å². The molecule has 168 valence electrons. The van der Waals surface area contributed by atoms with E-state index in [4.69, 9.17) is 0 Å². The molecule has 2 aromatic rings. The monoisotopic (exact) mass is 456 g/mol. The van der Waals surface area contributed by atoms with Crippen LogP contribution in [0.4, 0.5) is 23.7 Å². The van der Waals surface area contributed by atoms with Gasteiger partial charge >= 0.3 is 6.03 Å². The Labute approximate surface area is 181 Å². The van der Waals surface area contributed by atoms with E-state index in [0.717, 1.165) is 10.9 Å². The lowest BCUT2D eigenvalue weighted by Gasteiger charge is -2.20. The molecular weight excluding hydrogens is 433 g/mol. The number of carbonyl (C=O) groups is 3. The molecule has 0 spiro atoms. The Kier molecular flexibility index (Phi) is 9.47. The summed E-state index contributed by atoms with van der Waals surface area (Å²) in [6, 6.07) is 4.80. The van der Waals surface area contributed by atoms with Crippen LogP contribution in [-0.4, -0.2) is 48.9 Å². The minimum Gasteiger partial charge on any atom is -0.337 e. The van der Waals surface area contributed by atoms with Crippen molar-refractivity contribution in [3.8, 4) is 0 Å². The topological polar surface area (TPSA) is 90.5 Å². The van der Waals surface area contributed by atoms with E-state index in [1.807, 2.05) is 24.4 Å². The molecule has 7 nitrogen and oxygen atoms in total. The second-order valence-electron chi connectivity index (χ2n) is 6.62. The Hall–Kier alpha value is -2.92. The summed E-state index contributed by atoms with van der Waals surface area (Å²) in [5.41, 5.74) is -0.505. The molecule has 0 saturated heterocycles. The van der Waals surface area contributed by atoms with Gasteiger partial charge in [0.1, 0.15) is 0 Å². The summed E-state index contributed by atoms with van der Waals surface area (Å²) in [4.78, 5) is 38.7. The highest BCUT2D eigenvalue weighted by molar-refractivity contribution is 7.09. The van der Waals surface area contributed by atoms with Gasteiger partial charge in [0.15, 0.2) is 17.5 Å². The maximum Gasteiger partial charge on any atom is 0.321 e. The Morgan fingerprint density at radius 3 is 2.45 bits per heavy atom. The summed E-state index contributed by atoms with van der Waals surface area (Å²) in [6.45, 7) is 1.98. The number of rotatable bonds is 10. The van der Waals surface area contributed by atoms with E-state index >= 15 is 0 Å². The number of hydrogen-bond acceptors (Lipinski definition) is 5. The van der Waals surface area contributed by atoms with E-state index in [-0.39, 0.29) is 13.1 Å². The number of halogens is 3. The molecule has 0 aliphatic rings. The van der Waals surface area contributed by atoms with Crippen molar-refractivity contribution in [2.24, 2.45) is 0 Å². The predicted molar refractivity (Wildman–Crippen MR) is 111 cm³/mol. The maximum absolute atomic E-state index is 13.7. The molecule has 0 radical (unpaired) electrons. The molecule has 1 aromatic carbocycles. The van der Waals surface area contributed by atoms with Gasteiger partial charge in [-0.1, -0.05) is 13.0 Å². The van der Waals surface area contributed by atoms with Crippen molar-refractivity contribution < 1.29 is 27.6 Å². The lowest BCUT2D eigenvalue weighted by Crippen LogP contribution is -2.46. The molecule has 1 aromatic heterocycles. The third-order valence-electron chi connectivity index (χ3n) is 4.07. The number of carbonyl (C=O) groups excluding carboxylic acids is 3. The fraction of sp³-hybridized carbons (Fsp3) is 0.350. The quantitative estimate of drug-likeness (QED) is 0.480. The number of imide groups is 1. The number of benzene rings is 1. The van der Waals surface area contributed by atoms with Crippen LogP contribution < -0.4 is 16.0 Å². The highest BCUT2D eigenvalue weighted by Crippen LogP contribution is 2.19. The number of thiophene rings is 1. The van der Waals surface area contributed by atoms with Gasteiger partial charge < -0.3 is 10.6 Å². The molecule has 0 fully saturated rings. The minimum atomic E-state index is -1.69. The molecule has 0 atom stereocenters. The van der Waals surface area contributed by atoms with Crippen LogP contribution in [0.25, 0.3) is 0 Å². The summed E-state index contributed by atoms with van der Waals surface area (Å²) in [6.07, 6.45) is 1.25. The predicted octanol–water partition coefficient (Wildman–Crippen LogP) is 2.88. The molecule has 0 saturated carbocycles. The number of urea groups is 1. The van der Waals surface area contributed by atoms with Crippen molar-refractivity contribution in [3.05, 3.63) is 52.0 Å². The molecule has 11 heteroatoms. The number of nitrogens with one attached hydrogen (secondary N) is 3. The number of amides is 4. The smallest absolute Gasteiger partial charge is 0.321 e. The molecule has 4 amide bonds. The summed E-state index contributed by atoms with van der Waals surface area (Å²) in [5.74, 6) is -5.89. The van der Waals surface area contributed by atoms with Crippen molar-refractivity contribution >= 4 is 34.9 Å². The van der Waals surface area contributed by atoms with Crippen LogP contribution in [0, 0.1) is 17.5 Å². The average Bonchev–Trinajstić information content (AvgIpc) is 3.22. The van der Waals surface area contributed by atoms with Crippen LogP contribution in [0.3, 0.4) is 0 Å². The molecule has 0 unspecified atom stereocenters. The first-order chi connectivity index (χ1) is 14.8. The van der Waals surface area contributed by atoms with E-state index in [0.29, 0.717) is 32.0 Å². The van der Waals surface area contributed by atoms with Gasteiger partial charge in [-0.05, 0) is 43.0 Å². The number of anilines is 1. The van der Waals surface area contributed by atoms with Gasteiger partial charge in [-0.2, -0.15) is 0 Å². The van der Waals surface area contributed by atoms with Gasteiger partial charge in [0.2, 0.25) is 11.8 Å². The third kappa shape index (κ3) is 8.02. The Bertz CT molecular complexity index is 909. The van der Waals surface area contributed by atoms with Crippen molar-refractivity contribution in [3.63, 3.8) is 0 Å². The SMILES string of the molecule is CCCN(CC(=O)NC(=O)NCCc1cccs1)CC(=O)Nc1ccc(F)c(F)c1F. The van der Waals surface area contributed by atoms with E-state index in [9.17, 15) is 27.6 Å². The highest BCUT2D eigenvalue weighted by Gasteiger charge is 2.19. The minimum absolute atomic E-state index is 0.250. The van der Waals surface area contributed by atoms with Crippen LogP contribution in [-0.2, 0) is 16.0 Å². The Balaban J connectivity index is 1.81. The molecule has 0 aliphatic heterocycles. The van der Waals surface area contributed by atoms with Crippen LogP contribution in [0.5, 0.6) is 0 Å². The second-order valence-corrected chi connectivity index (χ2v) is 7.65. The maximum atomic E-state index is 13.7. The van der Waals surface area contributed by atoms with Crippen molar-refractivity contribution in [1.29, 1.82) is 0 Å². The lowest BCUT2D eigenvalue weighted by atomic mass is 10.2. The van der Waals surface area contributed by atoms with Crippen LogP contribution in [0.15, 0.2) is 29.6 Å². The molecule has 3 N–H and O–H groups in total. The number of hydrogen-bond donors (Lipinski definition) is 3. The van der Waals surface area contributed by atoms with E-state index in [2.05, 4.69) is 16.0 Å². The zero-order chi connectivity index (χ0) is 22.8. The van der Waals surface area contributed by atoms with Crippen LogP contribution in [0.2, 0.25) is 0 Å². The van der Waals surface area contributed by atoms with E-state index in [1.165, 1.54) is 4.90 Å². The largest absolute Gasteiger partial charge is 0.337 e. The van der Waals surface area contributed by atoms with Gasteiger partial charge in [-0.3, -0.25) is 19.8 Å². The van der Waals surface area contributed by atoms with Crippen molar-refractivity contribution in [2.75, 3.05) is 31.5 Å². The standard InChI is InChI=1S/C20H23F3N4O3S/c1-2-9-27(11-16(28)25-15-6-5-14(21)18(22)19(15)23)12-17(29)26-20(30)24-8-7-13-4-3-10-31-13/h3-6,10H,2,7-9,11-12H2,1H3,(H,25,28)(H2,24,26,29,30). The summed E-state index contributed by atoms with van der Waals surface area (Å²) >= 11 is 1.56. The third-order valence-corrected chi connectivity index (χ3v) is 5.01. The average molecular weight is 456 g/mol. The first kappa shape index (κ1) is 24.4. The molecule has 0 bridgehead atoms. The van der Waals surface area contributed by atoms with Gasteiger partial charge in [0.05, 0.1) is 18.8 Å². The van der Waals surface area contributed by atoms with Crippen molar-refractivity contribution in [1.82, 2.24) is 15.5 Å². The molecular formula is C20H23F3N4O3S. The second kappa shape index (κ2) is 12.1. The molecule has 2 rings (SSSR count). The summed E-state index contributed by atoms with van der Waals surface area (Å²) in [7, 11) is 0.